The lowest BCUT2D eigenvalue weighted by molar-refractivity contribution is -0.135. The number of rotatable bonds is 5. The average Bonchev–Trinajstić information content (AvgIpc) is 3.62. The standard InChI is InChI=1S/C31H36N2O3/c1-19-4-3-5-20(16-19)8-13-27(35)32(2)24-11-10-23-25-17-22-9-12-26(34)29-28(22)31(23,30(24)36-29)14-15-33(25)18-21-6-7-21/h3-5,8-9,12-13,16,21,23-25,30,34H,6-7,10-11,14-15,17-18H2,1-2H3/t23-,24-,25+,30-,31-/m0/s1. The third-order valence-corrected chi connectivity index (χ3v) is 9.90. The third kappa shape index (κ3) is 3.28. The number of nitrogens with zero attached hydrogens (tertiary/aromatic N) is 2. The van der Waals surface area contributed by atoms with Gasteiger partial charge in [-0.1, -0.05) is 35.9 Å². The van der Waals surface area contributed by atoms with E-state index in [1.54, 1.807) is 6.08 Å². The highest BCUT2D eigenvalue weighted by molar-refractivity contribution is 5.92. The van der Waals surface area contributed by atoms with E-state index >= 15 is 0 Å². The predicted molar refractivity (Wildman–Crippen MR) is 140 cm³/mol. The Balaban J connectivity index is 1.22. The summed E-state index contributed by atoms with van der Waals surface area (Å²) in [5.74, 6) is 2.36. The van der Waals surface area contributed by atoms with Crippen molar-refractivity contribution in [2.75, 3.05) is 20.1 Å². The molecule has 2 heterocycles. The first-order chi connectivity index (χ1) is 17.5. The summed E-state index contributed by atoms with van der Waals surface area (Å²) < 4.78 is 6.71. The van der Waals surface area contributed by atoms with Crippen LogP contribution in [0.25, 0.3) is 6.08 Å². The summed E-state index contributed by atoms with van der Waals surface area (Å²) in [7, 11) is 1.93. The van der Waals surface area contributed by atoms with Crippen LogP contribution in [0.4, 0.5) is 0 Å². The van der Waals surface area contributed by atoms with Crippen LogP contribution in [0, 0.1) is 18.8 Å². The summed E-state index contributed by atoms with van der Waals surface area (Å²) in [4.78, 5) is 18.1. The second-order valence-corrected chi connectivity index (χ2v) is 11.9. The van der Waals surface area contributed by atoms with Crippen LogP contribution in [0.15, 0.2) is 42.5 Å². The lowest BCUT2D eigenvalue weighted by Crippen LogP contribution is -2.69. The Bertz CT molecular complexity index is 1250. The summed E-state index contributed by atoms with van der Waals surface area (Å²) in [6.45, 7) is 4.38. The molecule has 5 heteroatoms. The Hall–Kier alpha value is -2.79. The van der Waals surface area contributed by atoms with Crippen molar-refractivity contribution in [3.63, 3.8) is 0 Å². The highest BCUT2D eigenvalue weighted by atomic mass is 16.5. The number of aryl methyl sites for hydroxylation is 1. The van der Waals surface area contributed by atoms with Gasteiger partial charge in [0.15, 0.2) is 11.5 Å². The molecule has 1 N–H and O–H groups in total. The minimum absolute atomic E-state index is 0.00992. The number of carbonyl (C=O) groups excluding carboxylic acids is 1. The Labute approximate surface area is 213 Å². The van der Waals surface area contributed by atoms with E-state index in [9.17, 15) is 9.90 Å². The molecule has 0 unspecified atom stereocenters. The Morgan fingerprint density at radius 3 is 2.89 bits per heavy atom. The molecule has 5 nitrogen and oxygen atoms in total. The number of likely N-dealkylation sites (tertiary alicyclic amines) is 1. The average molecular weight is 485 g/mol. The molecule has 1 amide bonds. The molecule has 188 valence electrons. The van der Waals surface area contributed by atoms with Crippen LogP contribution in [0.3, 0.4) is 0 Å². The zero-order valence-corrected chi connectivity index (χ0v) is 21.3. The van der Waals surface area contributed by atoms with Crippen LogP contribution in [0.1, 0.15) is 54.4 Å². The second kappa shape index (κ2) is 8.11. The van der Waals surface area contributed by atoms with Gasteiger partial charge in [0.05, 0.1) is 6.04 Å². The van der Waals surface area contributed by atoms with E-state index in [0.29, 0.717) is 17.7 Å². The van der Waals surface area contributed by atoms with Crippen molar-refractivity contribution < 1.29 is 14.6 Å². The summed E-state index contributed by atoms with van der Waals surface area (Å²) in [6.07, 6.45) is 10.4. The van der Waals surface area contributed by atoms with Crippen molar-refractivity contribution in [3.05, 3.63) is 64.7 Å². The molecule has 1 spiro atoms. The molecule has 5 atom stereocenters. The van der Waals surface area contributed by atoms with Crippen LogP contribution in [0.5, 0.6) is 11.5 Å². The van der Waals surface area contributed by atoms with Gasteiger partial charge in [0.25, 0.3) is 0 Å². The first-order valence-corrected chi connectivity index (χ1v) is 13.7. The van der Waals surface area contributed by atoms with Gasteiger partial charge in [-0.25, -0.2) is 0 Å². The molecule has 2 aromatic carbocycles. The monoisotopic (exact) mass is 484 g/mol. The molecule has 3 fully saturated rings. The minimum Gasteiger partial charge on any atom is -0.504 e. The van der Waals surface area contributed by atoms with Crippen molar-refractivity contribution in [2.24, 2.45) is 11.8 Å². The highest BCUT2D eigenvalue weighted by Gasteiger charge is 2.66. The molecule has 2 bridgehead atoms. The summed E-state index contributed by atoms with van der Waals surface area (Å²) in [5.41, 5.74) is 4.73. The smallest absolute Gasteiger partial charge is 0.246 e. The summed E-state index contributed by atoms with van der Waals surface area (Å²) in [5, 5.41) is 10.8. The fourth-order valence-electron chi connectivity index (χ4n) is 8.08. The van der Waals surface area contributed by atoms with Crippen LogP contribution >= 0.6 is 0 Å². The van der Waals surface area contributed by atoms with Crippen molar-refractivity contribution >= 4 is 12.0 Å². The van der Waals surface area contributed by atoms with Gasteiger partial charge in [0, 0.05) is 36.7 Å². The van der Waals surface area contributed by atoms with Crippen molar-refractivity contribution in [1.82, 2.24) is 9.80 Å². The fraction of sp³-hybridized carbons (Fsp3) is 0.516. The highest BCUT2D eigenvalue weighted by Crippen LogP contribution is 2.64. The Kier molecular flexibility index (Phi) is 5.05. The molecule has 0 radical (unpaired) electrons. The van der Waals surface area contributed by atoms with Gasteiger partial charge >= 0.3 is 0 Å². The van der Waals surface area contributed by atoms with Gasteiger partial charge in [-0.2, -0.15) is 0 Å². The maximum atomic E-state index is 13.4. The van der Waals surface area contributed by atoms with E-state index in [0.717, 1.165) is 43.7 Å². The predicted octanol–water partition coefficient (Wildman–Crippen LogP) is 4.69. The topological polar surface area (TPSA) is 53.0 Å². The number of hydrogen-bond acceptors (Lipinski definition) is 4. The molecule has 2 aromatic rings. The quantitative estimate of drug-likeness (QED) is 0.626. The molecule has 2 aliphatic heterocycles. The van der Waals surface area contributed by atoms with Gasteiger partial charge in [-0.05, 0) is 87.1 Å². The molecule has 7 rings (SSSR count). The molecular formula is C31H36N2O3. The molecule has 2 saturated carbocycles. The summed E-state index contributed by atoms with van der Waals surface area (Å²) in [6, 6.07) is 12.7. The maximum absolute atomic E-state index is 13.4. The number of benzene rings is 2. The van der Waals surface area contributed by atoms with Gasteiger partial charge < -0.3 is 14.7 Å². The molecule has 36 heavy (non-hydrogen) atoms. The number of piperidine rings is 1. The van der Waals surface area contributed by atoms with E-state index in [2.05, 4.69) is 30.0 Å². The number of hydrogen-bond donors (Lipinski definition) is 1. The van der Waals surface area contributed by atoms with Gasteiger partial charge in [-0.15, -0.1) is 0 Å². The van der Waals surface area contributed by atoms with Crippen molar-refractivity contribution in [1.29, 1.82) is 0 Å². The zero-order chi connectivity index (χ0) is 24.6. The van der Waals surface area contributed by atoms with Crippen LogP contribution in [0.2, 0.25) is 0 Å². The first-order valence-electron chi connectivity index (χ1n) is 13.7. The first kappa shape index (κ1) is 22.4. The van der Waals surface area contributed by atoms with Crippen molar-refractivity contribution in [2.45, 2.75) is 69.1 Å². The number of phenolic OH excluding ortho intramolecular Hbond substituents is 1. The third-order valence-electron chi connectivity index (χ3n) is 9.90. The second-order valence-electron chi connectivity index (χ2n) is 11.9. The number of amides is 1. The minimum atomic E-state index is -0.107. The SMILES string of the molecule is Cc1cccc(C=CC(=O)N(C)[C@H]2CC[C@H]3[C@H]4Cc5ccc(O)c6c5[C@@]3(CCN4CC3CC3)[C@H]2O6)c1. The molecular weight excluding hydrogens is 448 g/mol. The number of likely N-dealkylation sites (N-methyl/N-ethyl adjacent to an activating group) is 1. The number of ether oxygens (including phenoxy) is 1. The van der Waals surface area contributed by atoms with Crippen LogP contribution in [-0.4, -0.2) is 59.1 Å². The molecule has 3 aliphatic carbocycles. The Morgan fingerprint density at radius 1 is 1.22 bits per heavy atom. The van der Waals surface area contributed by atoms with E-state index in [1.807, 2.05) is 36.2 Å². The van der Waals surface area contributed by atoms with Gasteiger partial charge in [0.1, 0.15) is 6.10 Å². The van der Waals surface area contributed by atoms with Crippen LogP contribution < -0.4 is 4.74 Å². The van der Waals surface area contributed by atoms with E-state index in [-0.39, 0.29) is 29.2 Å². The normalized spacial score (nSPS) is 32.3. The van der Waals surface area contributed by atoms with Crippen molar-refractivity contribution in [3.8, 4) is 11.5 Å². The van der Waals surface area contributed by atoms with Gasteiger partial charge in [0.2, 0.25) is 5.91 Å². The molecule has 0 aromatic heterocycles. The van der Waals surface area contributed by atoms with Gasteiger partial charge in [-0.3, -0.25) is 9.69 Å². The van der Waals surface area contributed by atoms with E-state index < -0.39 is 0 Å². The number of aromatic hydroxyl groups is 1. The lowest BCUT2D eigenvalue weighted by atomic mass is 9.51. The number of phenols is 1. The Morgan fingerprint density at radius 2 is 2.08 bits per heavy atom. The maximum Gasteiger partial charge on any atom is 0.246 e. The lowest BCUT2D eigenvalue weighted by Gasteiger charge is -2.60. The fourth-order valence-corrected chi connectivity index (χ4v) is 8.08. The zero-order valence-electron chi connectivity index (χ0n) is 21.3. The summed E-state index contributed by atoms with van der Waals surface area (Å²) >= 11 is 0. The number of carbonyl (C=O) groups is 1. The van der Waals surface area contributed by atoms with Crippen LogP contribution in [-0.2, 0) is 16.6 Å². The van der Waals surface area contributed by atoms with E-state index in [4.69, 9.17) is 4.74 Å². The molecule has 1 saturated heterocycles. The molecule has 5 aliphatic rings. The largest absolute Gasteiger partial charge is 0.504 e. The van der Waals surface area contributed by atoms with E-state index in [1.165, 1.54) is 36.1 Å².